The quantitative estimate of drug-likeness (QED) is 0.738. The number of hydrogen-bond acceptors (Lipinski definition) is 2. The Bertz CT molecular complexity index is 822. The summed E-state index contributed by atoms with van der Waals surface area (Å²) in [5, 5.41) is 4.50. The van der Waals surface area contributed by atoms with Gasteiger partial charge in [-0.3, -0.25) is 4.79 Å². The number of hydrogen-bond donors (Lipinski definition) is 0. The second kappa shape index (κ2) is 6.39. The maximum atomic E-state index is 12.1. The highest BCUT2D eigenvalue weighted by Crippen LogP contribution is 2.10. The van der Waals surface area contributed by atoms with Crippen LogP contribution in [0.1, 0.15) is 23.7 Å². The van der Waals surface area contributed by atoms with E-state index in [1.807, 2.05) is 42.5 Å². The van der Waals surface area contributed by atoms with Crippen molar-refractivity contribution in [3.63, 3.8) is 0 Å². The summed E-state index contributed by atoms with van der Waals surface area (Å²) in [4.78, 5) is 12.1. The number of benzene rings is 2. The Labute approximate surface area is 129 Å². The lowest BCUT2D eigenvalue weighted by atomic mass is 10.0. The van der Waals surface area contributed by atoms with Gasteiger partial charge in [0.25, 0.3) is 0 Å². The summed E-state index contributed by atoms with van der Waals surface area (Å²) < 4.78 is 1.75. The minimum atomic E-state index is -0.0194. The normalized spacial score (nSPS) is 10.6. The molecule has 0 saturated heterocycles. The predicted molar refractivity (Wildman–Crippen MR) is 88.5 cm³/mol. The Morgan fingerprint density at radius 2 is 1.73 bits per heavy atom. The third-order valence-corrected chi connectivity index (χ3v) is 3.67. The molecule has 1 heterocycles. The van der Waals surface area contributed by atoms with Gasteiger partial charge in [0.2, 0.25) is 5.43 Å². The summed E-state index contributed by atoms with van der Waals surface area (Å²) in [7, 11) is 0. The molecule has 0 aliphatic heterocycles. The second-order valence-electron chi connectivity index (χ2n) is 5.26. The Morgan fingerprint density at radius 1 is 0.955 bits per heavy atom. The van der Waals surface area contributed by atoms with Gasteiger partial charge in [0.1, 0.15) is 5.69 Å². The number of aromatic nitrogens is 2. The van der Waals surface area contributed by atoms with Crippen LogP contribution in [0.5, 0.6) is 0 Å². The van der Waals surface area contributed by atoms with Gasteiger partial charge in [-0.15, -0.1) is 0 Å². The van der Waals surface area contributed by atoms with Crippen molar-refractivity contribution in [2.24, 2.45) is 0 Å². The number of para-hydroxylation sites is 1. The molecule has 1 aromatic heterocycles. The number of aryl methyl sites for hydroxylation is 1. The summed E-state index contributed by atoms with van der Waals surface area (Å²) in [5.41, 5.74) is 3.89. The molecule has 110 valence electrons. The fourth-order valence-electron chi connectivity index (χ4n) is 2.45. The van der Waals surface area contributed by atoms with Crippen LogP contribution in [-0.4, -0.2) is 9.78 Å². The van der Waals surface area contributed by atoms with Crippen LogP contribution < -0.4 is 5.43 Å². The van der Waals surface area contributed by atoms with Gasteiger partial charge in [0.15, 0.2) is 0 Å². The Balaban J connectivity index is 1.95. The Hall–Kier alpha value is -2.68. The van der Waals surface area contributed by atoms with E-state index in [1.54, 1.807) is 16.9 Å². The van der Waals surface area contributed by atoms with Crippen LogP contribution in [0.15, 0.2) is 71.7 Å². The molecule has 22 heavy (non-hydrogen) atoms. The van der Waals surface area contributed by atoms with Crippen LogP contribution in [0.25, 0.3) is 5.69 Å². The molecular formula is C19H18N2O. The second-order valence-corrected chi connectivity index (χ2v) is 5.26. The highest BCUT2D eigenvalue weighted by Gasteiger charge is 2.05. The first-order chi connectivity index (χ1) is 10.8. The van der Waals surface area contributed by atoms with Crippen LogP contribution in [0, 0.1) is 0 Å². The van der Waals surface area contributed by atoms with E-state index in [0.29, 0.717) is 12.1 Å². The van der Waals surface area contributed by atoms with Crippen molar-refractivity contribution in [1.29, 1.82) is 0 Å². The van der Waals surface area contributed by atoms with E-state index >= 15 is 0 Å². The van der Waals surface area contributed by atoms with Crippen molar-refractivity contribution in [3.8, 4) is 5.69 Å². The van der Waals surface area contributed by atoms with Gasteiger partial charge in [0, 0.05) is 18.7 Å². The highest BCUT2D eigenvalue weighted by atomic mass is 16.1. The average molecular weight is 290 g/mol. The van der Waals surface area contributed by atoms with Crippen molar-refractivity contribution in [2.45, 2.75) is 19.8 Å². The average Bonchev–Trinajstić information content (AvgIpc) is 2.58. The molecule has 0 saturated carbocycles. The first-order valence-electron chi connectivity index (χ1n) is 7.48. The van der Waals surface area contributed by atoms with Crippen LogP contribution in [-0.2, 0) is 12.8 Å². The number of nitrogens with zero attached hydrogens (tertiary/aromatic N) is 2. The van der Waals surface area contributed by atoms with Gasteiger partial charge < -0.3 is 0 Å². The molecular weight excluding hydrogens is 272 g/mol. The Morgan fingerprint density at radius 3 is 2.50 bits per heavy atom. The minimum absolute atomic E-state index is 0.0194. The van der Waals surface area contributed by atoms with Gasteiger partial charge in [0.05, 0.1) is 5.69 Å². The predicted octanol–water partition coefficient (Wildman–Crippen LogP) is 3.39. The van der Waals surface area contributed by atoms with E-state index < -0.39 is 0 Å². The van der Waals surface area contributed by atoms with E-state index in [1.165, 1.54) is 5.56 Å². The van der Waals surface area contributed by atoms with Gasteiger partial charge in [-0.1, -0.05) is 49.4 Å². The molecule has 0 spiro atoms. The summed E-state index contributed by atoms with van der Waals surface area (Å²) in [6.45, 7) is 2.13. The van der Waals surface area contributed by atoms with Gasteiger partial charge in [-0.05, 0) is 29.7 Å². The van der Waals surface area contributed by atoms with Crippen LogP contribution in [0.3, 0.4) is 0 Å². The molecule has 3 aromatic rings. The van der Waals surface area contributed by atoms with Crippen LogP contribution >= 0.6 is 0 Å². The summed E-state index contributed by atoms with van der Waals surface area (Å²) in [6, 6.07) is 19.7. The monoisotopic (exact) mass is 290 g/mol. The molecule has 0 unspecified atom stereocenters. The van der Waals surface area contributed by atoms with E-state index in [4.69, 9.17) is 0 Å². The third-order valence-electron chi connectivity index (χ3n) is 3.67. The maximum absolute atomic E-state index is 12.1. The molecule has 3 rings (SSSR count). The topological polar surface area (TPSA) is 34.9 Å². The standard InChI is InChI=1S/C19H18N2O/c1-2-15-7-6-8-16(13-15)14-18-19(22)11-12-21(20-18)17-9-4-3-5-10-17/h3-13H,2,14H2,1H3. The third kappa shape index (κ3) is 3.14. The molecule has 0 atom stereocenters. The molecule has 3 nitrogen and oxygen atoms in total. The fourth-order valence-corrected chi connectivity index (χ4v) is 2.45. The molecule has 0 amide bonds. The summed E-state index contributed by atoms with van der Waals surface area (Å²) in [6.07, 6.45) is 3.26. The van der Waals surface area contributed by atoms with Crippen molar-refractivity contribution in [1.82, 2.24) is 9.78 Å². The minimum Gasteiger partial charge on any atom is -0.288 e. The molecule has 0 radical (unpaired) electrons. The zero-order valence-electron chi connectivity index (χ0n) is 12.6. The highest BCUT2D eigenvalue weighted by molar-refractivity contribution is 5.31. The zero-order valence-corrected chi connectivity index (χ0v) is 12.6. The van der Waals surface area contributed by atoms with Crippen molar-refractivity contribution in [3.05, 3.63) is 93.9 Å². The lowest BCUT2D eigenvalue weighted by Crippen LogP contribution is -2.16. The van der Waals surface area contributed by atoms with E-state index in [9.17, 15) is 4.79 Å². The van der Waals surface area contributed by atoms with Gasteiger partial charge in [-0.25, -0.2) is 4.68 Å². The van der Waals surface area contributed by atoms with Crippen LogP contribution in [0.4, 0.5) is 0 Å². The smallest absolute Gasteiger partial charge is 0.203 e. The van der Waals surface area contributed by atoms with Crippen LogP contribution in [0.2, 0.25) is 0 Å². The first-order valence-corrected chi connectivity index (χ1v) is 7.48. The molecule has 2 aromatic carbocycles. The molecule has 0 aliphatic carbocycles. The molecule has 0 aliphatic rings. The van der Waals surface area contributed by atoms with Gasteiger partial charge in [-0.2, -0.15) is 5.10 Å². The maximum Gasteiger partial charge on any atom is 0.203 e. The van der Waals surface area contributed by atoms with Crippen molar-refractivity contribution < 1.29 is 0 Å². The number of rotatable bonds is 4. The summed E-state index contributed by atoms with van der Waals surface area (Å²) in [5.74, 6) is 0. The lowest BCUT2D eigenvalue weighted by Gasteiger charge is -2.08. The lowest BCUT2D eigenvalue weighted by molar-refractivity contribution is 0.791. The molecule has 0 bridgehead atoms. The van der Waals surface area contributed by atoms with E-state index in [2.05, 4.69) is 24.2 Å². The molecule has 3 heteroatoms. The first kappa shape index (κ1) is 14.3. The molecule has 0 N–H and O–H groups in total. The van der Waals surface area contributed by atoms with E-state index in [0.717, 1.165) is 17.7 Å². The summed E-state index contributed by atoms with van der Waals surface area (Å²) >= 11 is 0. The van der Waals surface area contributed by atoms with Crippen molar-refractivity contribution >= 4 is 0 Å². The molecule has 0 fully saturated rings. The van der Waals surface area contributed by atoms with E-state index in [-0.39, 0.29) is 5.43 Å². The van der Waals surface area contributed by atoms with Crippen molar-refractivity contribution in [2.75, 3.05) is 0 Å². The Kier molecular flexibility index (Phi) is 4.15. The van der Waals surface area contributed by atoms with Gasteiger partial charge >= 0.3 is 0 Å². The fraction of sp³-hybridized carbons (Fsp3) is 0.158. The SMILES string of the molecule is CCc1cccc(Cc2nn(-c3ccccc3)ccc2=O)c1. The zero-order chi connectivity index (χ0) is 15.4. The largest absolute Gasteiger partial charge is 0.288 e.